The average molecular weight is 1480 g/mol. The molecule has 6 aromatic carbocycles. The normalized spacial score (nSPS) is 32.4. The maximum Gasteiger partial charge on any atom is 0.310 e. The van der Waals surface area contributed by atoms with Crippen molar-refractivity contribution in [3.05, 3.63) is 153 Å². The van der Waals surface area contributed by atoms with Crippen LogP contribution in [0.25, 0.3) is 44.6 Å². The summed E-state index contributed by atoms with van der Waals surface area (Å²) in [6, 6.07) is 24.8. The van der Waals surface area contributed by atoms with Crippen molar-refractivity contribution in [2.45, 2.75) is 149 Å². The van der Waals surface area contributed by atoms with E-state index in [-0.39, 0.29) is 56.8 Å². The number of fused-ring (bicyclic) bond motifs is 2. The quantitative estimate of drug-likeness (QED) is 0.0522. The van der Waals surface area contributed by atoms with Crippen LogP contribution >= 0.6 is 0 Å². The van der Waals surface area contributed by atoms with Gasteiger partial charge in [0.1, 0.15) is 154 Å². The monoisotopic (exact) mass is 1480 g/mol. The molecule has 6 heterocycles. The lowest BCUT2D eigenvalue weighted by molar-refractivity contribution is -0.356. The third-order valence-corrected chi connectivity index (χ3v) is 19.5. The van der Waals surface area contributed by atoms with Gasteiger partial charge < -0.3 is 148 Å². The number of carbonyl (C=O) groups excluding carboxylic acids is 2. The van der Waals surface area contributed by atoms with Crippen LogP contribution in [0.3, 0.4) is 0 Å². The molecule has 0 bridgehead atoms. The Morgan fingerprint density at radius 2 is 0.708 bits per heavy atom. The van der Waals surface area contributed by atoms with Crippen LogP contribution in [0.2, 0.25) is 0 Å². The lowest BCUT2D eigenvalue weighted by Gasteiger charge is -2.50. The molecule has 0 amide bonds. The summed E-state index contributed by atoms with van der Waals surface area (Å²) in [5.74, 6) is -13.4. The summed E-state index contributed by atoms with van der Waals surface area (Å²) in [6.07, 6.45) is -39.6. The lowest BCUT2D eigenvalue weighted by atomic mass is 9.52. The molecule has 0 unspecified atom stereocenters. The second-order valence-corrected chi connectivity index (χ2v) is 26.3. The SMILES string of the molecule is C[C@@H]1O[C@@H](Oc2c(-c3ccc(O)cc3)oc3cc(O)cc(O)c3c2=O)[C@H](O[C@@H]2O[C@H](COC(=O)[C@H]3[C@H](C(=O)OC[C@H]4O[C@@H](O[C@H]5[C@H](Oc6c(-c7ccc(O)cc7)oc7cc(O)cc(O)c7c6=O)O[C@@H](C)[C@H](O)[C@H]5O)[C@H](O)[C@@H](O)[C@@H]4O)[C@@H](c4ccc(O)cc4)[C@@H]3c3ccc(O)cc3)[C@@H](O)[C@H](O)[C@H]2O)[C@H](O)[C@H]1O. The number of phenols is 8. The molecule has 1 aliphatic carbocycles. The first kappa shape index (κ1) is 74.3. The van der Waals surface area contributed by atoms with Crippen LogP contribution in [0.5, 0.6) is 57.5 Å². The van der Waals surface area contributed by atoms with Gasteiger partial charge in [0, 0.05) is 47.2 Å². The van der Waals surface area contributed by atoms with Crippen LogP contribution in [0.15, 0.2) is 140 Å². The van der Waals surface area contributed by atoms with Crippen LogP contribution in [0.4, 0.5) is 0 Å². The van der Waals surface area contributed by atoms with E-state index in [9.17, 15) is 102 Å². The zero-order chi connectivity index (χ0) is 75.8. The Labute approximate surface area is 596 Å². The molecular weight excluding hydrogens is 1410 g/mol. The number of hydrogen-bond acceptors (Lipinski definition) is 34. The lowest BCUT2D eigenvalue weighted by Crippen LogP contribution is -2.64. The van der Waals surface area contributed by atoms with E-state index in [4.69, 9.17) is 56.2 Å². The summed E-state index contributed by atoms with van der Waals surface area (Å²) in [7, 11) is 0. The molecule has 34 heteroatoms. The minimum atomic E-state index is -2.23. The first-order valence-corrected chi connectivity index (χ1v) is 33.1. The summed E-state index contributed by atoms with van der Waals surface area (Å²) in [6.45, 7) is 0.562. The number of ether oxygens (including phenoxy) is 10. The zero-order valence-corrected chi connectivity index (χ0v) is 55.4. The van der Waals surface area contributed by atoms with Crippen LogP contribution in [-0.4, -0.2) is 240 Å². The van der Waals surface area contributed by atoms with E-state index in [2.05, 4.69) is 0 Å². The van der Waals surface area contributed by atoms with Gasteiger partial charge in [0.15, 0.2) is 36.3 Å². The van der Waals surface area contributed by atoms with E-state index >= 15 is 9.59 Å². The van der Waals surface area contributed by atoms with Gasteiger partial charge in [0.2, 0.25) is 34.9 Å². The van der Waals surface area contributed by atoms with E-state index in [1.165, 1.54) is 111 Å². The molecule has 8 aromatic rings. The molecule has 106 heavy (non-hydrogen) atoms. The molecule has 18 N–H and O–H groups in total. The Balaban J connectivity index is 0.754. The van der Waals surface area contributed by atoms with Crippen molar-refractivity contribution in [2.75, 3.05) is 13.2 Å². The smallest absolute Gasteiger partial charge is 0.310 e. The fraction of sp³-hybridized carbons (Fsp3) is 0.389. The number of aliphatic hydroxyl groups excluding tert-OH is 10. The van der Waals surface area contributed by atoms with Crippen LogP contribution in [0.1, 0.15) is 36.8 Å². The van der Waals surface area contributed by atoms with Crippen molar-refractivity contribution < 1.29 is 158 Å². The number of benzene rings is 6. The maximum atomic E-state index is 15.0. The summed E-state index contributed by atoms with van der Waals surface area (Å²) in [5.41, 5.74) is -2.03. The molecule has 4 saturated heterocycles. The van der Waals surface area contributed by atoms with Crippen LogP contribution in [0, 0.1) is 11.8 Å². The highest BCUT2D eigenvalue weighted by atomic mass is 16.8. The molecule has 0 spiro atoms. The number of aromatic hydroxyl groups is 8. The molecular formula is C72H72O34. The van der Waals surface area contributed by atoms with Gasteiger partial charge in [-0.15, -0.1) is 0 Å². The third kappa shape index (κ3) is 14.1. The Morgan fingerprint density at radius 1 is 0.377 bits per heavy atom. The van der Waals surface area contributed by atoms with Gasteiger partial charge >= 0.3 is 11.9 Å². The summed E-state index contributed by atoms with van der Waals surface area (Å²) in [5, 5.41) is 196. The maximum absolute atomic E-state index is 15.0. The molecule has 13 rings (SSSR count). The highest BCUT2D eigenvalue weighted by molar-refractivity contribution is 5.90. The molecule has 0 radical (unpaired) electrons. The van der Waals surface area contributed by atoms with Crippen LogP contribution in [-0.2, 0) is 47.5 Å². The van der Waals surface area contributed by atoms with Crippen molar-refractivity contribution in [3.63, 3.8) is 0 Å². The molecule has 2 aromatic heterocycles. The predicted octanol–water partition coefficient (Wildman–Crippen LogP) is 0.555. The number of phenolic OH excluding ortho intramolecular Hbond substituents is 8. The van der Waals surface area contributed by atoms with E-state index in [0.29, 0.717) is 11.1 Å². The standard InChI is InChI=1S/C72H72O34/c1-25-49(81)57(89)65(71(97-25)103-63-53(85)45-37(79)19-35(77)21-39(45)99-61(63)29-7-15-33(75)16-8-29)105-69-59(91)55(87)51(83)41(101-69)23-95-67(93)47-43(27-3-11-31(73)12-4-27)44(28-5-13-32(74)14-6-28)48(47)68(94)96-24-42-52(84)56(88)60(92)70(102-42)106-66-58(90)50(82)26(2)98-72(66)104-64-54(86)46-38(80)20-36(78)22-40(46)100-62(64)30-9-17-34(76)18-10-30/h3-22,25-26,41-44,47-52,55-60,65-66,69-84,87-92H,23-24H2,1-2H3/t25-,26-,41+,42+,43-,44-,47+,48+,49-,50-,51+,52+,55-,56-,57+,58+,59+,60+,65+,66+,69-,70-,71-,72-/m0/s1. The largest absolute Gasteiger partial charge is 0.508 e. The van der Waals surface area contributed by atoms with E-state index in [1.807, 2.05) is 0 Å². The molecule has 5 fully saturated rings. The van der Waals surface area contributed by atoms with Crippen molar-refractivity contribution in [1.29, 1.82) is 0 Å². The van der Waals surface area contributed by atoms with Crippen molar-refractivity contribution >= 4 is 33.9 Å². The fourth-order valence-corrected chi connectivity index (χ4v) is 13.8. The Kier molecular flexibility index (Phi) is 20.9. The van der Waals surface area contributed by atoms with E-state index < -0.39 is 228 Å². The van der Waals surface area contributed by atoms with E-state index in [1.54, 1.807) is 0 Å². The van der Waals surface area contributed by atoms with Gasteiger partial charge in [0.25, 0.3) is 0 Å². The second-order valence-electron chi connectivity index (χ2n) is 26.3. The second kappa shape index (κ2) is 29.8. The minimum absolute atomic E-state index is 0.0787. The first-order chi connectivity index (χ1) is 50.5. The summed E-state index contributed by atoms with van der Waals surface area (Å²) in [4.78, 5) is 58.7. The Bertz CT molecular complexity index is 4350. The van der Waals surface area contributed by atoms with Gasteiger partial charge in [-0.3, -0.25) is 19.2 Å². The van der Waals surface area contributed by atoms with Gasteiger partial charge in [-0.05, 0) is 97.8 Å². The molecule has 34 nitrogen and oxygen atoms in total. The highest BCUT2D eigenvalue weighted by Gasteiger charge is 2.61. The van der Waals surface area contributed by atoms with Gasteiger partial charge in [0.05, 0.1) is 24.0 Å². The Morgan fingerprint density at radius 3 is 1.05 bits per heavy atom. The van der Waals surface area contributed by atoms with Crippen molar-refractivity contribution in [1.82, 2.24) is 0 Å². The predicted molar refractivity (Wildman–Crippen MR) is 353 cm³/mol. The molecule has 24 atom stereocenters. The highest BCUT2D eigenvalue weighted by Crippen LogP contribution is 2.59. The zero-order valence-electron chi connectivity index (χ0n) is 55.4. The average Bonchev–Trinajstić information content (AvgIpc) is 0.735. The van der Waals surface area contributed by atoms with Gasteiger partial charge in [-0.1, -0.05) is 24.3 Å². The third-order valence-electron chi connectivity index (χ3n) is 19.5. The number of aliphatic hydroxyl groups is 10. The van der Waals surface area contributed by atoms with Gasteiger partial charge in [-0.25, -0.2) is 0 Å². The molecule has 1 saturated carbocycles. The number of esters is 2. The first-order valence-electron chi connectivity index (χ1n) is 33.1. The number of carbonyl (C=O) groups is 2. The fourth-order valence-electron chi connectivity index (χ4n) is 13.8. The van der Waals surface area contributed by atoms with E-state index in [0.717, 1.165) is 24.3 Å². The molecule has 564 valence electrons. The van der Waals surface area contributed by atoms with Crippen molar-refractivity contribution in [2.24, 2.45) is 11.8 Å². The summed E-state index contributed by atoms with van der Waals surface area (Å²) >= 11 is 0. The van der Waals surface area contributed by atoms with Crippen LogP contribution < -0.4 is 20.3 Å². The van der Waals surface area contributed by atoms with Crippen molar-refractivity contribution in [3.8, 4) is 80.1 Å². The summed E-state index contributed by atoms with van der Waals surface area (Å²) < 4.78 is 71.6. The topological polar surface area (TPSA) is 551 Å². The minimum Gasteiger partial charge on any atom is -0.508 e. The Hall–Kier alpha value is -9.96. The molecule has 4 aliphatic heterocycles. The number of hydrogen-bond donors (Lipinski definition) is 18. The molecule has 5 aliphatic rings. The number of rotatable bonds is 18. The van der Waals surface area contributed by atoms with Gasteiger partial charge in [-0.2, -0.15) is 0 Å².